The first-order valence-corrected chi connectivity index (χ1v) is 21.6. The quantitative estimate of drug-likeness (QED) is 0.0953. The third-order valence-corrected chi connectivity index (χ3v) is 17.7. The number of hydrogen-bond donors (Lipinski definition) is 0. The number of unbranched alkanes of at least 4 members (excludes halogenated alkanes) is 1. The normalized spacial score (nSPS) is 14.3. The van der Waals surface area contributed by atoms with Crippen molar-refractivity contribution >= 4 is 30.7 Å². The molecule has 1 unspecified atom stereocenters. The Bertz CT molecular complexity index is 588. The van der Waals surface area contributed by atoms with Crippen molar-refractivity contribution in [3.8, 4) is 0 Å². The second kappa shape index (κ2) is 13.6. The van der Waals surface area contributed by atoms with E-state index in [9.17, 15) is 4.79 Å². The Morgan fingerprint density at radius 3 is 2.09 bits per heavy atom. The first-order chi connectivity index (χ1) is 14.5. The van der Waals surface area contributed by atoms with E-state index in [1.54, 1.807) is 6.92 Å². The zero-order chi connectivity index (χ0) is 25.2. The van der Waals surface area contributed by atoms with Crippen molar-refractivity contribution in [2.24, 2.45) is 0 Å². The molecule has 0 heterocycles. The van der Waals surface area contributed by atoms with Crippen LogP contribution in [0, 0.1) is 0 Å². The monoisotopic (exact) mass is 504 g/mol. The van der Waals surface area contributed by atoms with E-state index in [2.05, 4.69) is 73.6 Å². The van der Waals surface area contributed by atoms with Crippen LogP contribution in [0.25, 0.3) is 0 Å². The predicted molar refractivity (Wildman–Crippen MR) is 144 cm³/mol. The van der Waals surface area contributed by atoms with Gasteiger partial charge in [-0.25, -0.2) is 4.79 Å². The third-order valence-electron chi connectivity index (χ3n) is 6.66. The van der Waals surface area contributed by atoms with Crippen LogP contribution in [0.3, 0.4) is 0 Å². The number of carbonyl (C=O) groups excluding carboxylic acids is 1. The van der Waals surface area contributed by atoms with Crippen LogP contribution < -0.4 is 0 Å². The van der Waals surface area contributed by atoms with E-state index in [0.29, 0.717) is 18.8 Å². The van der Waals surface area contributed by atoms with Gasteiger partial charge in [0.15, 0.2) is 8.32 Å². The van der Waals surface area contributed by atoms with Crippen molar-refractivity contribution in [2.75, 3.05) is 19.8 Å². The van der Waals surface area contributed by atoms with Gasteiger partial charge in [-0.05, 0) is 66.3 Å². The number of hydrogen-bond acceptors (Lipinski definition) is 5. The van der Waals surface area contributed by atoms with E-state index < -0.39 is 24.7 Å². The average Bonchev–Trinajstić information content (AvgIpc) is 2.63. The highest BCUT2D eigenvalue weighted by Crippen LogP contribution is 2.34. The fourth-order valence-electron chi connectivity index (χ4n) is 3.50. The van der Waals surface area contributed by atoms with Gasteiger partial charge in [-0.15, -0.1) is 0 Å². The molecule has 0 bridgehead atoms. The lowest BCUT2D eigenvalue weighted by molar-refractivity contribution is -0.140. The maximum absolute atomic E-state index is 11.3. The summed E-state index contributed by atoms with van der Waals surface area (Å²) in [6, 6.07) is 2.34. The summed E-state index contributed by atoms with van der Waals surface area (Å²) in [7, 11) is -5.36. The Balaban J connectivity index is 4.55. The van der Waals surface area contributed by atoms with E-state index in [4.69, 9.17) is 18.3 Å². The Hall–Kier alpha value is -0.259. The van der Waals surface area contributed by atoms with Crippen molar-refractivity contribution in [1.82, 2.24) is 0 Å². The molecule has 0 saturated carbocycles. The molecule has 0 aromatic carbocycles. The third kappa shape index (κ3) is 11.7. The number of rotatable bonds is 17. The molecule has 1 atom stereocenters. The molecule has 0 radical (unpaired) electrons. The van der Waals surface area contributed by atoms with Gasteiger partial charge >= 0.3 is 5.97 Å². The lowest BCUT2D eigenvalue weighted by Gasteiger charge is -2.47. The smallest absolute Gasteiger partial charge is 0.333 e. The van der Waals surface area contributed by atoms with Crippen molar-refractivity contribution in [3.63, 3.8) is 0 Å². The highest BCUT2D eigenvalue weighted by Gasteiger charge is 2.46. The Kier molecular flexibility index (Phi) is 13.5. The van der Waals surface area contributed by atoms with Gasteiger partial charge < -0.3 is 18.3 Å². The highest BCUT2D eigenvalue weighted by atomic mass is 28.4. The molecule has 0 rings (SSSR count). The molecule has 0 aliphatic carbocycles. The zero-order valence-corrected chi connectivity index (χ0v) is 26.0. The van der Waals surface area contributed by atoms with Crippen molar-refractivity contribution < 1.29 is 23.1 Å². The molecule has 0 aliphatic heterocycles. The van der Waals surface area contributed by atoms with Crippen molar-refractivity contribution in [3.05, 3.63) is 12.2 Å². The summed E-state index contributed by atoms with van der Waals surface area (Å²) in [5.41, 5.74) is 0.566. The first-order valence-electron chi connectivity index (χ1n) is 12.3. The molecule has 0 spiro atoms. The minimum absolute atomic E-state index is 0.0529. The molecule has 0 aromatic rings. The van der Waals surface area contributed by atoms with Crippen LogP contribution in [0.5, 0.6) is 0 Å². The molecule has 0 amide bonds. The maximum Gasteiger partial charge on any atom is 0.333 e. The van der Waals surface area contributed by atoms with Crippen molar-refractivity contribution in [2.45, 2.75) is 116 Å². The standard InChI is InChI=1S/C24H52O5Si3/c1-13-14-19-30(7,8)24(5,6)29-32(11,12)22(4)28-31(9,10)20-15-16-26-17-18-27-23(25)21(2)3/h22H,2,13-20H2,1,3-12H3. The lowest BCUT2D eigenvalue weighted by atomic mass is 10.4. The molecule has 0 fully saturated rings. The van der Waals surface area contributed by atoms with Gasteiger partial charge in [0.1, 0.15) is 6.61 Å². The minimum Gasteiger partial charge on any atom is -0.460 e. The summed E-state index contributed by atoms with van der Waals surface area (Å²) in [5, 5.41) is -0.0529. The van der Waals surface area contributed by atoms with Crippen LogP contribution in [0.4, 0.5) is 0 Å². The molecule has 0 saturated heterocycles. The summed E-state index contributed by atoms with van der Waals surface area (Å²) >= 11 is 0. The highest BCUT2D eigenvalue weighted by molar-refractivity contribution is 6.82. The van der Waals surface area contributed by atoms with Gasteiger partial charge in [-0.2, -0.15) is 0 Å². The summed E-state index contributed by atoms with van der Waals surface area (Å²) in [6.45, 7) is 29.8. The number of ether oxygens (including phenoxy) is 2. The second-order valence-electron chi connectivity index (χ2n) is 11.4. The molecule has 0 aliphatic rings. The minimum atomic E-state index is -2.03. The molecule has 32 heavy (non-hydrogen) atoms. The fraction of sp³-hybridized carbons (Fsp3) is 0.875. The van der Waals surface area contributed by atoms with Crippen LogP contribution in [0.15, 0.2) is 12.2 Å². The Morgan fingerprint density at radius 2 is 1.56 bits per heavy atom. The maximum atomic E-state index is 11.3. The van der Waals surface area contributed by atoms with E-state index >= 15 is 0 Å². The molecule has 0 N–H and O–H groups in total. The van der Waals surface area contributed by atoms with Crippen LogP contribution in [-0.2, 0) is 23.1 Å². The fourth-order valence-corrected chi connectivity index (χ4v) is 12.9. The summed E-state index contributed by atoms with van der Waals surface area (Å²) in [5.74, 6) is -0.363. The van der Waals surface area contributed by atoms with Gasteiger partial charge in [0.2, 0.25) is 8.32 Å². The number of carbonyl (C=O) groups is 1. The molecular formula is C24H52O5Si3. The van der Waals surface area contributed by atoms with Crippen LogP contribution in [0.2, 0.25) is 51.4 Å². The molecule has 190 valence electrons. The van der Waals surface area contributed by atoms with Crippen molar-refractivity contribution in [1.29, 1.82) is 0 Å². The molecule has 5 nitrogen and oxygen atoms in total. The molecule has 0 aromatic heterocycles. The summed E-state index contributed by atoms with van der Waals surface area (Å²) in [6.07, 6.45) is 3.49. The average molecular weight is 505 g/mol. The van der Waals surface area contributed by atoms with E-state index in [0.717, 1.165) is 12.5 Å². The molecular weight excluding hydrogens is 453 g/mol. The predicted octanol–water partition coefficient (Wildman–Crippen LogP) is 6.71. The number of esters is 1. The van der Waals surface area contributed by atoms with Crippen LogP contribution in [-0.4, -0.2) is 61.5 Å². The first kappa shape index (κ1) is 31.7. The zero-order valence-electron chi connectivity index (χ0n) is 23.0. The van der Waals surface area contributed by atoms with E-state index in [-0.39, 0.29) is 23.5 Å². The Labute approximate surface area is 201 Å². The van der Waals surface area contributed by atoms with Gasteiger partial charge in [-0.1, -0.05) is 45.5 Å². The second-order valence-corrected chi connectivity index (χ2v) is 25.3. The largest absolute Gasteiger partial charge is 0.460 e. The van der Waals surface area contributed by atoms with Crippen LogP contribution in [0.1, 0.15) is 53.9 Å². The van der Waals surface area contributed by atoms with Gasteiger partial charge in [-0.3, -0.25) is 0 Å². The van der Waals surface area contributed by atoms with Gasteiger partial charge in [0.05, 0.1) is 20.4 Å². The lowest BCUT2D eigenvalue weighted by Crippen LogP contribution is -2.60. The molecule has 8 heteroatoms. The Morgan fingerprint density at radius 1 is 0.969 bits per heavy atom. The van der Waals surface area contributed by atoms with Gasteiger partial charge in [0, 0.05) is 17.4 Å². The van der Waals surface area contributed by atoms with Gasteiger partial charge in [0.25, 0.3) is 0 Å². The summed E-state index contributed by atoms with van der Waals surface area (Å²) in [4.78, 5) is 11.3. The van der Waals surface area contributed by atoms with Crippen LogP contribution >= 0.6 is 0 Å². The van der Waals surface area contributed by atoms with E-state index in [1.165, 1.54) is 18.9 Å². The topological polar surface area (TPSA) is 54.0 Å². The summed E-state index contributed by atoms with van der Waals surface area (Å²) < 4.78 is 24.3. The SMILES string of the molecule is C=C(C)C(=O)OCCOCCC[Si](C)(C)OC(C)[Si](C)(C)OC(C)(C)[Si](C)(C)CCCC. The van der Waals surface area contributed by atoms with E-state index in [1.807, 2.05) is 0 Å².